The van der Waals surface area contributed by atoms with Crippen LogP contribution in [0.5, 0.6) is 0 Å². The molecule has 0 bridgehead atoms. The van der Waals surface area contributed by atoms with Gasteiger partial charge in [0.2, 0.25) is 0 Å². The molecule has 5 rings (SSSR count). The van der Waals surface area contributed by atoms with E-state index in [4.69, 9.17) is 9.15 Å². The molecular weight excluding hydrogens is 386 g/mol. The Morgan fingerprint density at radius 2 is 2.03 bits per heavy atom. The van der Waals surface area contributed by atoms with Gasteiger partial charge in [-0.05, 0) is 32.8 Å². The van der Waals surface area contributed by atoms with Gasteiger partial charge in [0.15, 0.2) is 17.0 Å². The van der Waals surface area contributed by atoms with E-state index in [2.05, 4.69) is 25.2 Å². The number of anilines is 1. The first-order valence-corrected chi connectivity index (χ1v) is 10.4. The van der Waals surface area contributed by atoms with Crippen LogP contribution in [0.4, 0.5) is 5.82 Å². The minimum Gasteiger partial charge on any atom is -0.466 e. The van der Waals surface area contributed by atoms with Crippen molar-refractivity contribution in [3.05, 3.63) is 29.5 Å². The summed E-state index contributed by atoms with van der Waals surface area (Å²) in [7, 11) is 0. The molecule has 0 saturated carbocycles. The van der Waals surface area contributed by atoms with E-state index in [0.717, 1.165) is 37.5 Å². The van der Waals surface area contributed by atoms with Crippen LogP contribution in [-0.2, 0) is 11.3 Å². The van der Waals surface area contributed by atoms with Gasteiger partial charge in [-0.2, -0.15) is 0 Å². The lowest BCUT2D eigenvalue weighted by Gasteiger charge is -2.32. The number of fused-ring (bicyclic) bond motifs is 1. The number of carbonyl (C=O) groups excluding carboxylic acids is 1. The van der Waals surface area contributed by atoms with Gasteiger partial charge in [0, 0.05) is 26.2 Å². The molecule has 2 aliphatic heterocycles. The molecule has 3 aromatic heterocycles. The van der Waals surface area contributed by atoms with Crippen LogP contribution < -0.4 is 4.90 Å². The molecule has 1 atom stereocenters. The molecule has 5 heterocycles. The lowest BCUT2D eigenvalue weighted by Crippen LogP contribution is -2.47. The van der Waals surface area contributed by atoms with Crippen molar-refractivity contribution in [1.29, 1.82) is 0 Å². The molecule has 3 aromatic rings. The maximum Gasteiger partial charge on any atom is 0.257 e. The molecule has 10 heteroatoms. The molecule has 0 N–H and O–H groups in total. The zero-order valence-corrected chi connectivity index (χ0v) is 17.2. The van der Waals surface area contributed by atoms with Crippen LogP contribution in [0.25, 0.3) is 11.2 Å². The number of rotatable bonds is 4. The minimum atomic E-state index is -0.189. The molecule has 0 aliphatic carbocycles. The molecule has 2 aliphatic rings. The van der Waals surface area contributed by atoms with Crippen molar-refractivity contribution in [2.24, 2.45) is 0 Å². The van der Waals surface area contributed by atoms with Crippen molar-refractivity contribution >= 4 is 22.9 Å². The molecule has 30 heavy (non-hydrogen) atoms. The summed E-state index contributed by atoms with van der Waals surface area (Å²) in [5.74, 6) is 2.20. The van der Waals surface area contributed by atoms with Gasteiger partial charge in [0.1, 0.15) is 17.8 Å². The summed E-state index contributed by atoms with van der Waals surface area (Å²) in [6.45, 7) is 7.61. The second-order valence-electron chi connectivity index (χ2n) is 7.91. The maximum absolute atomic E-state index is 12.9. The van der Waals surface area contributed by atoms with Crippen LogP contribution >= 0.6 is 0 Å². The first-order chi connectivity index (χ1) is 14.6. The smallest absolute Gasteiger partial charge is 0.257 e. The van der Waals surface area contributed by atoms with Crippen molar-refractivity contribution in [2.45, 2.75) is 39.3 Å². The lowest BCUT2D eigenvalue weighted by molar-refractivity contribution is -0.0297. The summed E-state index contributed by atoms with van der Waals surface area (Å²) < 4.78 is 13.2. The number of ether oxygens (including phenoxy) is 1. The van der Waals surface area contributed by atoms with Gasteiger partial charge in [-0.1, -0.05) is 5.21 Å². The summed E-state index contributed by atoms with van der Waals surface area (Å²) >= 11 is 0. The predicted octanol–water partition coefficient (Wildman–Crippen LogP) is 1.57. The summed E-state index contributed by atoms with van der Waals surface area (Å²) in [6, 6.07) is 1.80. The molecule has 0 aromatic carbocycles. The second kappa shape index (κ2) is 7.67. The third-order valence-electron chi connectivity index (χ3n) is 5.76. The molecule has 0 radical (unpaired) electrons. The highest BCUT2D eigenvalue weighted by Crippen LogP contribution is 2.24. The van der Waals surface area contributed by atoms with Crippen LogP contribution in [0.1, 0.15) is 34.7 Å². The molecule has 0 spiro atoms. The average molecular weight is 411 g/mol. The van der Waals surface area contributed by atoms with E-state index >= 15 is 0 Å². The Hall–Kier alpha value is -3.01. The molecule has 158 valence electrons. The fourth-order valence-electron chi connectivity index (χ4n) is 4.28. The van der Waals surface area contributed by atoms with Gasteiger partial charge in [0.25, 0.3) is 5.91 Å². The van der Waals surface area contributed by atoms with Gasteiger partial charge in [-0.15, -0.1) is 5.10 Å². The lowest BCUT2D eigenvalue weighted by atomic mass is 10.2. The third-order valence-corrected chi connectivity index (χ3v) is 5.76. The Morgan fingerprint density at radius 3 is 2.80 bits per heavy atom. The van der Waals surface area contributed by atoms with Crippen molar-refractivity contribution in [1.82, 2.24) is 29.9 Å². The molecule has 2 saturated heterocycles. The zero-order valence-electron chi connectivity index (χ0n) is 17.2. The molecule has 10 nitrogen and oxygen atoms in total. The topological polar surface area (TPSA) is 102 Å². The van der Waals surface area contributed by atoms with Crippen LogP contribution in [0.2, 0.25) is 0 Å². The Kier molecular flexibility index (Phi) is 4.86. The van der Waals surface area contributed by atoms with Crippen molar-refractivity contribution in [3.8, 4) is 0 Å². The van der Waals surface area contributed by atoms with Crippen molar-refractivity contribution in [2.75, 3.05) is 37.7 Å². The number of amides is 1. The molecule has 2 fully saturated rings. The number of aryl methyl sites for hydroxylation is 2. The van der Waals surface area contributed by atoms with E-state index in [9.17, 15) is 4.79 Å². The Morgan fingerprint density at radius 1 is 1.20 bits per heavy atom. The zero-order chi connectivity index (χ0) is 20.7. The molecular formula is C20H25N7O3. The van der Waals surface area contributed by atoms with Crippen molar-refractivity contribution < 1.29 is 13.9 Å². The quantitative estimate of drug-likeness (QED) is 0.638. The van der Waals surface area contributed by atoms with Gasteiger partial charge < -0.3 is 19.0 Å². The Balaban J connectivity index is 1.33. The SMILES string of the molecule is Cc1cc(C(=O)N2CCO[C@H](Cn3nnc4c(N5CCCC5)ncnc43)C2)c(C)o1. The number of carbonyl (C=O) groups is 1. The number of morpholine rings is 1. The standard InChI is InChI=1S/C20H25N7O3/c1-13-9-16(14(2)30-13)20(28)26-7-8-29-15(10-26)11-27-19-17(23-24-27)18(21-12-22-19)25-5-3-4-6-25/h9,12,15H,3-8,10-11H2,1-2H3/t15-/m0/s1. The highest BCUT2D eigenvalue weighted by atomic mass is 16.5. The highest BCUT2D eigenvalue weighted by Gasteiger charge is 2.28. The third kappa shape index (κ3) is 3.41. The number of aromatic nitrogens is 5. The fraction of sp³-hybridized carbons (Fsp3) is 0.550. The summed E-state index contributed by atoms with van der Waals surface area (Å²) in [5.41, 5.74) is 2.02. The minimum absolute atomic E-state index is 0.0280. The maximum atomic E-state index is 12.9. The summed E-state index contributed by atoms with van der Waals surface area (Å²) in [4.78, 5) is 25.8. The average Bonchev–Trinajstić information content (AvgIpc) is 3.48. The van der Waals surface area contributed by atoms with E-state index in [1.54, 1.807) is 17.1 Å². The first kappa shape index (κ1) is 19.0. The first-order valence-electron chi connectivity index (χ1n) is 10.4. The second-order valence-corrected chi connectivity index (χ2v) is 7.91. The van der Waals surface area contributed by atoms with E-state index < -0.39 is 0 Å². The summed E-state index contributed by atoms with van der Waals surface area (Å²) in [6.07, 6.45) is 3.70. The van der Waals surface area contributed by atoms with Crippen LogP contribution in [-0.4, -0.2) is 74.7 Å². The number of nitrogens with zero attached hydrogens (tertiary/aromatic N) is 7. The van der Waals surface area contributed by atoms with Crippen LogP contribution in [0.3, 0.4) is 0 Å². The van der Waals surface area contributed by atoms with Crippen LogP contribution in [0.15, 0.2) is 16.8 Å². The van der Waals surface area contributed by atoms with Crippen molar-refractivity contribution in [3.63, 3.8) is 0 Å². The number of hydrogen-bond donors (Lipinski definition) is 0. The van der Waals surface area contributed by atoms with Gasteiger partial charge in [-0.25, -0.2) is 14.6 Å². The van der Waals surface area contributed by atoms with E-state index in [1.165, 1.54) is 0 Å². The summed E-state index contributed by atoms with van der Waals surface area (Å²) in [5, 5.41) is 8.65. The van der Waals surface area contributed by atoms with E-state index in [1.807, 2.05) is 18.7 Å². The van der Waals surface area contributed by atoms with Gasteiger partial charge in [0.05, 0.1) is 24.8 Å². The Labute approximate surface area is 173 Å². The molecule has 1 amide bonds. The fourth-order valence-corrected chi connectivity index (χ4v) is 4.28. The van der Waals surface area contributed by atoms with E-state index in [-0.39, 0.29) is 12.0 Å². The van der Waals surface area contributed by atoms with Gasteiger partial charge >= 0.3 is 0 Å². The number of hydrogen-bond acceptors (Lipinski definition) is 8. The molecule has 0 unspecified atom stereocenters. The Bertz CT molecular complexity index is 1070. The highest BCUT2D eigenvalue weighted by molar-refractivity contribution is 5.95. The van der Waals surface area contributed by atoms with E-state index in [0.29, 0.717) is 48.7 Å². The largest absolute Gasteiger partial charge is 0.466 e. The normalized spacial score (nSPS) is 19.7. The number of furan rings is 1. The van der Waals surface area contributed by atoms with Crippen LogP contribution in [0, 0.1) is 13.8 Å². The van der Waals surface area contributed by atoms with Gasteiger partial charge in [-0.3, -0.25) is 4.79 Å². The predicted molar refractivity (Wildman–Crippen MR) is 108 cm³/mol. The monoisotopic (exact) mass is 411 g/mol.